The van der Waals surface area contributed by atoms with Crippen molar-refractivity contribution < 1.29 is 26.7 Å². The van der Waals surface area contributed by atoms with E-state index in [1.165, 1.54) is 6.07 Å². The zero-order valence-electron chi connectivity index (χ0n) is 9.45. The molecular weight excluding hydrogens is 367 g/mol. The number of benzene rings is 1. The van der Waals surface area contributed by atoms with Crippen molar-refractivity contribution in [3.63, 3.8) is 0 Å². The summed E-state index contributed by atoms with van der Waals surface area (Å²) in [6.07, 6.45) is -0.450. The molecule has 1 nitrogen and oxygen atoms in total. The predicted octanol–water partition coefficient (Wildman–Crippen LogP) is 4.63. The third kappa shape index (κ3) is 2.62. The number of hydrogen-bond donors (Lipinski definition) is 0. The van der Waals surface area contributed by atoms with E-state index in [0.29, 0.717) is 9.35 Å². The number of carbonyl (C=O) groups excluding carboxylic acids is 1. The van der Waals surface area contributed by atoms with Gasteiger partial charge in [-0.3, -0.25) is 4.79 Å². The third-order valence-electron chi connectivity index (χ3n) is 2.45. The molecule has 0 radical (unpaired) electrons. The van der Waals surface area contributed by atoms with E-state index in [0.717, 1.165) is 11.3 Å². The molecule has 0 amide bonds. The molecule has 0 bridgehead atoms. The molecule has 0 saturated heterocycles. The standard InChI is InChI=1S/C12H4BrF5OS/c13-4-1-5(20-3-4)2-6(19)7-8(14)10(16)12(18)11(17)9(7)15/h1,3H,2H2. The van der Waals surface area contributed by atoms with Crippen LogP contribution in [0, 0.1) is 29.1 Å². The fourth-order valence-electron chi connectivity index (χ4n) is 1.54. The molecule has 1 aromatic heterocycles. The lowest BCUT2D eigenvalue weighted by Gasteiger charge is -2.06. The maximum absolute atomic E-state index is 13.4. The van der Waals surface area contributed by atoms with Gasteiger partial charge in [-0.05, 0) is 22.0 Å². The van der Waals surface area contributed by atoms with E-state index in [1.807, 2.05) is 0 Å². The van der Waals surface area contributed by atoms with Crippen LogP contribution in [0.4, 0.5) is 22.0 Å². The van der Waals surface area contributed by atoms with Gasteiger partial charge in [0.1, 0.15) is 0 Å². The minimum absolute atomic E-state index is 0.436. The smallest absolute Gasteiger partial charge is 0.200 e. The second-order valence-corrected chi connectivity index (χ2v) is 5.69. The van der Waals surface area contributed by atoms with Crippen molar-refractivity contribution in [3.8, 4) is 0 Å². The summed E-state index contributed by atoms with van der Waals surface area (Å²) < 4.78 is 66.3. The monoisotopic (exact) mass is 370 g/mol. The largest absolute Gasteiger partial charge is 0.294 e. The van der Waals surface area contributed by atoms with Crippen LogP contribution in [0.5, 0.6) is 0 Å². The van der Waals surface area contributed by atoms with E-state index in [4.69, 9.17) is 0 Å². The van der Waals surface area contributed by atoms with Gasteiger partial charge < -0.3 is 0 Å². The summed E-state index contributed by atoms with van der Waals surface area (Å²) in [5.41, 5.74) is -1.41. The lowest BCUT2D eigenvalue weighted by atomic mass is 10.1. The van der Waals surface area contributed by atoms with Crippen molar-refractivity contribution in [3.05, 3.63) is 55.4 Å². The topological polar surface area (TPSA) is 17.1 Å². The predicted molar refractivity (Wildman–Crippen MR) is 66.3 cm³/mol. The van der Waals surface area contributed by atoms with Gasteiger partial charge in [0.25, 0.3) is 0 Å². The average Bonchev–Trinajstić information content (AvgIpc) is 2.79. The maximum atomic E-state index is 13.4. The van der Waals surface area contributed by atoms with Gasteiger partial charge in [-0.15, -0.1) is 11.3 Å². The molecule has 2 rings (SSSR count). The van der Waals surface area contributed by atoms with E-state index < -0.39 is 46.9 Å². The van der Waals surface area contributed by atoms with Gasteiger partial charge in [0.05, 0.1) is 5.56 Å². The number of rotatable bonds is 3. The van der Waals surface area contributed by atoms with Crippen LogP contribution in [0.2, 0.25) is 0 Å². The highest BCUT2D eigenvalue weighted by atomic mass is 79.9. The zero-order valence-corrected chi connectivity index (χ0v) is 11.8. The molecule has 0 saturated carbocycles. The average molecular weight is 371 g/mol. The number of carbonyl (C=O) groups is 1. The highest BCUT2D eigenvalue weighted by molar-refractivity contribution is 9.10. The Balaban J connectivity index is 2.45. The van der Waals surface area contributed by atoms with E-state index >= 15 is 0 Å². The van der Waals surface area contributed by atoms with Crippen LogP contribution in [0.3, 0.4) is 0 Å². The first-order valence-electron chi connectivity index (χ1n) is 5.10. The van der Waals surface area contributed by atoms with Crippen molar-refractivity contribution in [2.45, 2.75) is 6.42 Å². The van der Waals surface area contributed by atoms with E-state index in [-0.39, 0.29) is 0 Å². The Morgan fingerprint density at radius 2 is 1.50 bits per heavy atom. The second-order valence-electron chi connectivity index (χ2n) is 3.78. The van der Waals surface area contributed by atoms with Crippen LogP contribution >= 0.6 is 27.3 Å². The van der Waals surface area contributed by atoms with E-state index in [2.05, 4.69) is 15.9 Å². The van der Waals surface area contributed by atoms with Gasteiger partial charge in [-0.2, -0.15) is 0 Å². The molecule has 1 heterocycles. The van der Waals surface area contributed by atoms with Crippen molar-refractivity contribution >= 4 is 33.0 Å². The first-order valence-corrected chi connectivity index (χ1v) is 6.77. The summed E-state index contributed by atoms with van der Waals surface area (Å²) in [5, 5.41) is 1.63. The molecule has 0 fully saturated rings. The molecule has 106 valence electrons. The van der Waals surface area contributed by atoms with Gasteiger partial charge in [-0.25, -0.2) is 22.0 Å². The first-order chi connectivity index (χ1) is 9.32. The molecule has 0 spiro atoms. The molecule has 0 N–H and O–H groups in total. The normalized spacial score (nSPS) is 10.9. The molecule has 0 aliphatic carbocycles. The summed E-state index contributed by atoms with van der Waals surface area (Å²) in [6, 6.07) is 1.52. The molecule has 1 aromatic carbocycles. The van der Waals surface area contributed by atoms with Crippen LogP contribution in [0.25, 0.3) is 0 Å². The molecule has 0 unspecified atom stereocenters. The van der Waals surface area contributed by atoms with Crippen molar-refractivity contribution in [1.82, 2.24) is 0 Å². The molecule has 20 heavy (non-hydrogen) atoms. The highest BCUT2D eigenvalue weighted by Gasteiger charge is 2.29. The number of Topliss-reactive ketones (excluding diaryl/α,β-unsaturated/α-hetero) is 1. The Kier molecular flexibility index (Phi) is 4.24. The summed E-state index contributed by atoms with van der Waals surface area (Å²) in [6.45, 7) is 0. The van der Waals surface area contributed by atoms with Gasteiger partial charge in [0.15, 0.2) is 29.1 Å². The number of thiophene rings is 1. The Labute approximate surface area is 122 Å². The SMILES string of the molecule is O=C(Cc1cc(Br)cs1)c1c(F)c(F)c(F)c(F)c1F. The van der Waals surface area contributed by atoms with Crippen molar-refractivity contribution in [2.24, 2.45) is 0 Å². The molecule has 2 aromatic rings. The van der Waals surface area contributed by atoms with Gasteiger partial charge in [0, 0.05) is 21.2 Å². The number of ketones is 1. The van der Waals surface area contributed by atoms with Crippen LogP contribution < -0.4 is 0 Å². The maximum Gasteiger partial charge on any atom is 0.200 e. The lowest BCUT2D eigenvalue weighted by molar-refractivity contribution is 0.0982. The van der Waals surface area contributed by atoms with Crippen LogP contribution in [-0.2, 0) is 6.42 Å². The summed E-state index contributed by atoms with van der Waals surface area (Å²) in [7, 11) is 0. The Hall–Kier alpha value is -1.28. The van der Waals surface area contributed by atoms with Crippen LogP contribution in [0.1, 0.15) is 15.2 Å². The van der Waals surface area contributed by atoms with Crippen LogP contribution in [0.15, 0.2) is 15.9 Å². The fourth-order valence-corrected chi connectivity index (χ4v) is 2.99. The van der Waals surface area contributed by atoms with E-state index in [9.17, 15) is 26.7 Å². The first kappa shape index (κ1) is 15.1. The molecule has 0 aliphatic rings. The third-order valence-corrected chi connectivity index (χ3v) is 4.14. The quantitative estimate of drug-likeness (QED) is 0.333. The van der Waals surface area contributed by atoms with Gasteiger partial charge >= 0.3 is 0 Å². The van der Waals surface area contributed by atoms with E-state index in [1.54, 1.807) is 5.38 Å². The highest BCUT2D eigenvalue weighted by Crippen LogP contribution is 2.26. The molecule has 0 aliphatic heterocycles. The lowest BCUT2D eigenvalue weighted by Crippen LogP contribution is -2.14. The fraction of sp³-hybridized carbons (Fsp3) is 0.0833. The molecular formula is C12H4BrF5OS. The zero-order chi connectivity index (χ0) is 15.0. The molecule has 0 atom stereocenters. The minimum atomic E-state index is -2.28. The number of hydrogen-bond acceptors (Lipinski definition) is 2. The molecule has 8 heteroatoms. The number of halogens is 6. The van der Waals surface area contributed by atoms with Crippen molar-refractivity contribution in [2.75, 3.05) is 0 Å². The Morgan fingerprint density at radius 1 is 1.00 bits per heavy atom. The van der Waals surface area contributed by atoms with Crippen LogP contribution in [-0.4, -0.2) is 5.78 Å². The van der Waals surface area contributed by atoms with Gasteiger partial charge in [0.2, 0.25) is 5.82 Å². The summed E-state index contributed by atoms with van der Waals surface area (Å²) in [5.74, 6) is -11.9. The van der Waals surface area contributed by atoms with Crippen molar-refractivity contribution in [1.29, 1.82) is 0 Å². The minimum Gasteiger partial charge on any atom is -0.294 e. The summed E-state index contributed by atoms with van der Waals surface area (Å²) >= 11 is 4.24. The Morgan fingerprint density at radius 3 is 1.95 bits per heavy atom. The second kappa shape index (κ2) is 5.61. The summed E-state index contributed by atoms with van der Waals surface area (Å²) in [4.78, 5) is 12.2. The Bertz CT molecular complexity index is 668. The van der Waals surface area contributed by atoms with Gasteiger partial charge in [-0.1, -0.05) is 0 Å².